The second-order valence-electron chi connectivity index (χ2n) is 3.37. The molecule has 1 rings (SSSR count). The zero-order valence-corrected chi connectivity index (χ0v) is 9.15. The summed E-state index contributed by atoms with van der Waals surface area (Å²) in [5.41, 5.74) is 5.23. The van der Waals surface area contributed by atoms with Gasteiger partial charge in [0.15, 0.2) is 0 Å². The summed E-state index contributed by atoms with van der Waals surface area (Å²) in [4.78, 5) is 11.2. The van der Waals surface area contributed by atoms with Crippen molar-refractivity contribution < 1.29 is 9.53 Å². The molecule has 5 heteroatoms. The number of hydrogen-bond donors (Lipinski definition) is 2. The van der Waals surface area contributed by atoms with Crippen molar-refractivity contribution in [3.8, 4) is 0 Å². The van der Waals surface area contributed by atoms with Crippen LogP contribution in [-0.4, -0.2) is 43.7 Å². The zero-order valence-electron chi connectivity index (χ0n) is 8.33. The first-order valence-corrected chi connectivity index (χ1v) is 6.10. The summed E-state index contributed by atoms with van der Waals surface area (Å²) in [5.74, 6) is 3.02. The first-order valence-electron chi connectivity index (χ1n) is 4.95. The molecule has 0 radical (unpaired) electrons. The van der Waals surface area contributed by atoms with Crippen molar-refractivity contribution in [3.63, 3.8) is 0 Å². The molecule has 1 amide bonds. The topological polar surface area (TPSA) is 64.3 Å². The Hall–Kier alpha value is -0.260. The van der Waals surface area contributed by atoms with Gasteiger partial charge in [0.1, 0.15) is 6.61 Å². The first-order chi connectivity index (χ1) is 6.83. The van der Waals surface area contributed by atoms with Crippen LogP contribution >= 0.6 is 11.8 Å². The van der Waals surface area contributed by atoms with Crippen molar-refractivity contribution in [2.24, 2.45) is 11.7 Å². The van der Waals surface area contributed by atoms with Gasteiger partial charge in [-0.1, -0.05) is 0 Å². The maximum absolute atomic E-state index is 11.2. The van der Waals surface area contributed by atoms with Gasteiger partial charge in [0.05, 0.1) is 6.61 Å². The molecule has 0 aromatic rings. The molecule has 1 unspecified atom stereocenters. The highest BCUT2D eigenvalue weighted by atomic mass is 32.2. The maximum atomic E-state index is 11.2. The van der Waals surface area contributed by atoms with E-state index in [0.29, 0.717) is 19.1 Å². The molecule has 82 valence electrons. The molecule has 1 heterocycles. The Kier molecular flexibility index (Phi) is 5.98. The largest absolute Gasteiger partial charge is 0.370 e. The third-order valence-electron chi connectivity index (χ3n) is 2.11. The number of nitrogens with one attached hydrogen (secondary N) is 1. The SMILES string of the molecule is NCCOCC(=O)NCC1CCSC1. The van der Waals surface area contributed by atoms with E-state index in [-0.39, 0.29) is 12.5 Å². The summed E-state index contributed by atoms with van der Waals surface area (Å²) in [6, 6.07) is 0. The summed E-state index contributed by atoms with van der Waals surface area (Å²) >= 11 is 1.96. The highest BCUT2D eigenvalue weighted by molar-refractivity contribution is 7.99. The standard InChI is InChI=1S/C9H18N2O2S/c10-2-3-13-6-9(12)11-5-8-1-4-14-7-8/h8H,1-7,10H2,(H,11,12). The van der Waals surface area contributed by atoms with E-state index in [1.165, 1.54) is 17.9 Å². The van der Waals surface area contributed by atoms with Crippen molar-refractivity contribution in [1.29, 1.82) is 0 Å². The fourth-order valence-electron chi connectivity index (χ4n) is 1.30. The van der Waals surface area contributed by atoms with Gasteiger partial charge in [-0.05, 0) is 23.8 Å². The summed E-state index contributed by atoms with van der Waals surface area (Å²) in [7, 11) is 0. The Morgan fingerprint density at radius 1 is 1.64 bits per heavy atom. The molecule has 0 spiro atoms. The Morgan fingerprint density at radius 2 is 2.50 bits per heavy atom. The lowest BCUT2D eigenvalue weighted by atomic mass is 10.1. The molecule has 1 fully saturated rings. The molecule has 0 aromatic heterocycles. The number of carbonyl (C=O) groups is 1. The predicted molar refractivity (Wildman–Crippen MR) is 58.3 cm³/mol. The molecule has 1 atom stereocenters. The molecule has 1 aliphatic heterocycles. The Labute approximate surface area is 88.9 Å². The number of rotatable bonds is 6. The van der Waals surface area contributed by atoms with E-state index in [2.05, 4.69) is 5.32 Å². The first kappa shape index (κ1) is 11.8. The van der Waals surface area contributed by atoms with Crippen LogP contribution < -0.4 is 11.1 Å². The minimum atomic E-state index is -0.0321. The van der Waals surface area contributed by atoms with Crippen LogP contribution in [-0.2, 0) is 9.53 Å². The normalized spacial score (nSPS) is 21.1. The van der Waals surface area contributed by atoms with Gasteiger partial charge in [0.2, 0.25) is 5.91 Å². The molecule has 14 heavy (non-hydrogen) atoms. The van der Waals surface area contributed by atoms with Crippen LogP contribution in [0.15, 0.2) is 0 Å². The second kappa shape index (κ2) is 7.09. The van der Waals surface area contributed by atoms with Gasteiger partial charge < -0.3 is 15.8 Å². The quantitative estimate of drug-likeness (QED) is 0.608. The van der Waals surface area contributed by atoms with E-state index in [4.69, 9.17) is 10.5 Å². The van der Waals surface area contributed by atoms with E-state index in [1.54, 1.807) is 0 Å². The van der Waals surface area contributed by atoms with Gasteiger partial charge >= 0.3 is 0 Å². The lowest BCUT2D eigenvalue weighted by Gasteiger charge is -2.09. The Bertz CT molecular complexity index is 172. The molecule has 0 bridgehead atoms. The van der Waals surface area contributed by atoms with Crippen LogP contribution in [0.1, 0.15) is 6.42 Å². The summed E-state index contributed by atoms with van der Waals surface area (Å²) in [6.07, 6.45) is 1.22. The van der Waals surface area contributed by atoms with Gasteiger partial charge in [-0.2, -0.15) is 11.8 Å². The number of nitrogens with two attached hydrogens (primary N) is 1. The molecule has 0 aromatic carbocycles. The van der Waals surface area contributed by atoms with Crippen LogP contribution in [0, 0.1) is 5.92 Å². The number of thioether (sulfide) groups is 1. The van der Waals surface area contributed by atoms with Gasteiger partial charge in [-0.25, -0.2) is 0 Å². The smallest absolute Gasteiger partial charge is 0.246 e. The molecular formula is C9H18N2O2S. The molecule has 1 saturated heterocycles. The Morgan fingerprint density at radius 3 is 3.14 bits per heavy atom. The second-order valence-corrected chi connectivity index (χ2v) is 4.52. The lowest BCUT2D eigenvalue weighted by molar-refractivity contribution is -0.125. The van der Waals surface area contributed by atoms with Crippen molar-refractivity contribution >= 4 is 17.7 Å². The number of hydrogen-bond acceptors (Lipinski definition) is 4. The molecular weight excluding hydrogens is 200 g/mol. The average Bonchev–Trinajstić information content (AvgIpc) is 2.68. The summed E-state index contributed by atoms with van der Waals surface area (Å²) in [6.45, 7) is 1.84. The van der Waals surface area contributed by atoms with Crippen molar-refractivity contribution in [1.82, 2.24) is 5.32 Å². The van der Waals surface area contributed by atoms with Gasteiger partial charge in [0, 0.05) is 13.1 Å². The third kappa shape index (κ3) is 4.83. The van der Waals surface area contributed by atoms with Crippen LogP contribution in [0.3, 0.4) is 0 Å². The van der Waals surface area contributed by atoms with E-state index in [1.807, 2.05) is 11.8 Å². The zero-order chi connectivity index (χ0) is 10.2. The minimum Gasteiger partial charge on any atom is -0.370 e. The Balaban J connectivity index is 1.96. The monoisotopic (exact) mass is 218 g/mol. The molecule has 0 aliphatic carbocycles. The molecule has 3 N–H and O–H groups in total. The van der Waals surface area contributed by atoms with Crippen LogP contribution in [0.5, 0.6) is 0 Å². The van der Waals surface area contributed by atoms with Crippen molar-refractivity contribution in [2.75, 3.05) is 37.8 Å². The maximum Gasteiger partial charge on any atom is 0.246 e. The molecule has 4 nitrogen and oxygen atoms in total. The summed E-state index contributed by atoms with van der Waals surface area (Å²) < 4.78 is 5.02. The average molecular weight is 218 g/mol. The number of carbonyl (C=O) groups excluding carboxylic acids is 1. The number of amides is 1. The molecule has 1 aliphatic rings. The van der Waals surface area contributed by atoms with Crippen molar-refractivity contribution in [2.45, 2.75) is 6.42 Å². The van der Waals surface area contributed by atoms with Gasteiger partial charge in [0.25, 0.3) is 0 Å². The highest BCUT2D eigenvalue weighted by Crippen LogP contribution is 2.22. The van der Waals surface area contributed by atoms with E-state index < -0.39 is 0 Å². The van der Waals surface area contributed by atoms with Crippen LogP contribution in [0.4, 0.5) is 0 Å². The minimum absolute atomic E-state index is 0.0321. The van der Waals surface area contributed by atoms with Crippen LogP contribution in [0.2, 0.25) is 0 Å². The lowest BCUT2D eigenvalue weighted by Crippen LogP contribution is -2.32. The fraction of sp³-hybridized carbons (Fsp3) is 0.889. The van der Waals surface area contributed by atoms with Gasteiger partial charge in [-0.3, -0.25) is 4.79 Å². The van der Waals surface area contributed by atoms with Crippen molar-refractivity contribution in [3.05, 3.63) is 0 Å². The summed E-state index contributed by atoms with van der Waals surface area (Å²) in [5, 5.41) is 2.87. The number of ether oxygens (including phenoxy) is 1. The van der Waals surface area contributed by atoms with Crippen LogP contribution in [0.25, 0.3) is 0 Å². The fourth-order valence-corrected chi connectivity index (χ4v) is 2.59. The van der Waals surface area contributed by atoms with E-state index in [9.17, 15) is 4.79 Å². The third-order valence-corrected chi connectivity index (χ3v) is 3.34. The molecule has 0 saturated carbocycles. The van der Waals surface area contributed by atoms with Gasteiger partial charge in [-0.15, -0.1) is 0 Å². The van der Waals surface area contributed by atoms with E-state index in [0.717, 1.165) is 6.54 Å². The predicted octanol–water partition coefficient (Wildman–Crippen LogP) is -0.169. The van der Waals surface area contributed by atoms with E-state index >= 15 is 0 Å². The highest BCUT2D eigenvalue weighted by Gasteiger charge is 2.15.